The van der Waals surface area contributed by atoms with Gasteiger partial charge in [0, 0.05) is 0 Å². The smallest absolute Gasteiger partial charge is 0.348 e. The average Bonchev–Trinajstić information content (AvgIpc) is 2.10. The van der Waals surface area contributed by atoms with Crippen molar-refractivity contribution in [3.05, 3.63) is 0 Å². The molecule has 76 valence electrons. The van der Waals surface area contributed by atoms with Gasteiger partial charge in [0.25, 0.3) is 0 Å². The fourth-order valence-corrected chi connectivity index (χ4v) is 1.03. The molecule has 7 heteroatoms. The topological polar surface area (TPSA) is 107 Å². The van der Waals surface area contributed by atoms with Gasteiger partial charge in [0.1, 0.15) is 6.04 Å². The van der Waals surface area contributed by atoms with Crippen LogP contribution in [0.1, 0.15) is 6.42 Å². The zero-order chi connectivity index (χ0) is 10.3. The molecule has 0 heterocycles. The lowest BCUT2D eigenvalue weighted by atomic mass is 10.2. The molecule has 1 atom stereocenters. The molecule has 0 unspecified atom stereocenters. The summed E-state index contributed by atoms with van der Waals surface area (Å²) >= 11 is 1.57. The molecular formula is C6H13N3O3S. The molecular weight excluding hydrogens is 194 g/mol. The van der Waals surface area contributed by atoms with E-state index < -0.39 is 18.0 Å². The third-order valence-electron chi connectivity index (χ3n) is 1.19. The predicted octanol–water partition coefficient (Wildman–Crippen LogP) is -0.807. The van der Waals surface area contributed by atoms with Gasteiger partial charge >= 0.3 is 12.0 Å². The molecule has 0 aromatic rings. The van der Waals surface area contributed by atoms with Crippen LogP contribution in [-0.4, -0.2) is 30.1 Å². The average molecular weight is 207 g/mol. The Hall–Kier alpha value is -0.950. The number of amides is 2. The van der Waals surface area contributed by atoms with Gasteiger partial charge in [-0.15, -0.1) is 0 Å². The number of hydrogen-bond donors (Lipinski definition) is 3. The van der Waals surface area contributed by atoms with Crippen LogP contribution in [0.5, 0.6) is 0 Å². The highest BCUT2D eigenvalue weighted by Crippen LogP contribution is 1.99. The molecule has 0 aliphatic heterocycles. The van der Waals surface area contributed by atoms with Gasteiger partial charge < -0.3 is 16.3 Å². The predicted molar refractivity (Wildman–Crippen MR) is 49.8 cm³/mol. The number of nitrogens with two attached hydrogens (primary N) is 2. The number of hydrogen-bond acceptors (Lipinski definition) is 5. The summed E-state index contributed by atoms with van der Waals surface area (Å²) in [6.07, 6.45) is 2.40. The Labute approximate surface area is 80.3 Å². The summed E-state index contributed by atoms with van der Waals surface area (Å²) in [7, 11) is 0. The molecule has 5 N–H and O–H groups in total. The number of carbonyl (C=O) groups is 2. The monoisotopic (exact) mass is 207 g/mol. The largest absolute Gasteiger partial charge is 0.349 e. The summed E-state index contributed by atoms with van der Waals surface area (Å²) in [5, 5.41) is 0. The number of carbonyl (C=O) groups excluding carboxylic acids is 2. The molecule has 0 radical (unpaired) electrons. The summed E-state index contributed by atoms with van der Waals surface area (Å²) in [6, 6.07) is -1.65. The first-order chi connectivity index (χ1) is 6.07. The van der Waals surface area contributed by atoms with Crippen molar-refractivity contribution >= 4 is 23.8 Å². The van der Waals surface area contributed by atoms with Gasteiger partial charge in [0.15, 0.2) is 0 Å². The summed E-state index contributed by atoms with van der Waals surface area (Å²) in [4.78, 5) is 25.3. The van der Waals surface area contributed by atoms with E-state index in [1.54, 1.807) is 17.2 Å². The maximum absolute atomic E-state index is 10.9. The van der Waals surface area contributed by atoms with Crippen molar-refractivity contribution in [1.82, 2.24) is 5.48 Å². The van der Waals surface area contributed by atoms with E-state index in [0.29, 0.717) is 6.42 Å². The van der Waals surface area contributed by atoms with Crippen molar-refractivity contribution < 1.29 is 14.4 Å². The maximum atomic E-state index is 10.9. The van der Waals surface area contributed by atoms with E-state index in [0.717, 1.165) is 5.75 Å². The zero-order valence-corrected chi connectivity index (χ0v) is 8.10. The molecule has 0 spiro atoms. The van der Waals surface area contributed by atoms with Crippen molar-refractivity contribution in [2.75, 3.05) is 12.0 Å². The van der Waals surface area contributed by atoms with E-state index >= 15 is 0 Å². The Kier molecular flexibility index (Phi) is 6.07. The summed E-state index contributed by atoms with van der Waals surface area (Å²) < 4.78 is 0. The molecule has 6 nitrogen and oxygen atoms in total. The lowest BCUT2D eigenvalue weighted by Gasteiger charge is -2.08. The van der Waals surface area contributed by atoms with E-state index in [2.05, 4.69) is 10.6 Å². The molecule has 0 fully saturated rings. The fourth-order valence-electron chi connectivity index (χ4n) is 0.539. The van der Waals surface area contributed by atoms with Gasteiger partial charge in [-0.05, 0) is 18.4 Å². The third-order valence-corrected chi connectivity index (χ3v) is 1.83. The second-order valence-electron chi connectivity index (χ2n) is 2.28. The molecule has 2 amide bonds. The molecule has 0 saturated heterocycles. The SMILES string of the molecule is CSCC[C@H](N)C(=O)ONC(N)=O. The van der Waals surface area contributed by atoms with Crippen molar-refractivity contribution in [1.29, 1.82) is 0 Å². The van der Waals surface area contributed by atoms with Crippen LogP contribution in [0.4, 0.5) is 4.79 Å². The number of nitrogens with one attached hydrogen (secondary N) is 1. The Morgan fingerprint density at radius 1 is 1.62 bits per heavy atom. The Bertz CT molecular complexity index is 188. The first-order valence-electron chi connectivity index (χ1n) is 3.58. The maximum Gasteiger partial charge on any atom is 0.348 e. The van der Waals surface area contributed by atoms with Gasteiger partial charge in [-0.2, -0.15) is 17.2 Å². The Morgan fingerprint density at radius 3 is 2.69 bits per heavy atom. The molecule has 0 saturated carbocycles. The minimum Gasteiger partial charge on any atom is -0.349 e. The van der Waals surface area contributed by atoms with Crippen LogP contribution in [0.3, 0.4) is 0 Å². The van der Waals surface area contributed by atoms with Crippen LogP contribution in [0, 0.1) is 0 Å². The Balaban J connectivity index is 3.63. The van der Waals surface area contributed by atoms with Crippen molar-refractivity contribution in [3.63, 3.8) is 0 Å². The number of primary amides is 1. The normalized spacial score (nSPS) is 11.8. The second-order valence-corrected chi connectivity index (χ2v) is 3.26. The molecule has 0 aromatic carbocycles. The third kappa shape index (κ3) is 6.23. The molecule has 0 aromatic heterocycles. The summed E-state index contributed by atoms with van der Waals surface area (Å²) in [5.41, 5.74) is 11.8. The van der Waals surface area contributed by atoms with Crippen LogP contribution < -0.4 is 16.9 Å². The molecule has 13 heavy (non-hydrogen) atoms. The lowest BCUT2D eigenvalue weighted by Crippen LogP contribution is -2.39. The number of thioether (sulfide) groups is 1. The van der Waals surface area contributed by atoms with E-state index in [-0.39, 0.29) is 0 Å². The first-order valence-corrected chi connectivity index (χ1v) is 4.98. The molecule has 0 aliphatic rings. The van der Waals surface area contributed by atoms with Gasteiger partial charge in [0.2, 0.25) is 0 Å². The van der Waals surface area contributed by atoms with Crippen molar-refractivity contribution in [2.45, 2.75) is 12.5 Å². The molecule has 0 bridgehead atoms. The van der Waals surface area contributed by atoms with E-state index in [9.17, 15) is 9.59 Å². The summed E-state index contributed by atoms with van der Waals surface area (Å²) in [5.74, 6) is 0.0696. The number of rotatable bonds is 4. The minimum atomic E-state index is -0.926. The van der Waals surface area contributed by atoms with Gasteiger partial charge in [-0.25, -0.2) is 9.59 Å². The van der Waals surface area contributed by atoms with E-state index in [4.69, 9.17) is 5.73 Å². The molecule has 0 aliphatic carbocycles. The highest BCUT2D eigenvalue weighted by atomic mass is 32.2. The Morgan fingerprint density at radius 2 is 2.23 bits per heavy atom. The first kappa shape index (κ1) is 12.0. The van der Waals surface area contributed by atoms with Crippen molar-refractivity contribution in [2.24, 2.45) is 11.5 Å². The van der Waals surface area contributed by atoms with Crippen LogP contribution in [-0.2, 0) is 9.63 Å². The molecule has 0 rings (SSSR count). The van der Waals surface area contributed by atoms with Gasteiger partial charge in [-0.3, -0.25) is 0 Å². The van der Waals surface area contributed by atoms with Crippen molar-refractivity contribution in [3.8, 4) is 0 Å². The quantitative estimate of drug-likeness (QED) is 0.523. The van der Waals surface area contributed by atoms with Crippen LogP contribution >= 0.6 is 11.8 Å². The zero-order valence-electron chi connectivity index (χ0n) is 7.28. The summed E-state index contributed by atoms with van der Waals surface area (Å²) in [6.45, 7) is 0. The van der Waals surface area contributed by atoms with E-state index in [1.807, 2.05) is 6.26 Å². The number of hydroxylamine groups is 1. The highest BCUT2D eigenvalue weighted by molar-refractivity contribution is 7.98. The minimum absolute atomic E-state index is 0.500. The van der Waals surface area contributed by atoms with E-state index in [1.165, 1.54) is 0 Å². The van der Waals surface area contributed by atoms with Crippen LogP contribution in [0.2, 0.25) is 0 Å². The standard InChI is InChI=1S/C6H13N3O3S/c1-13-3-2-4(7)5(10)12-9-6(8)11/h4H,2-3,7H2,1H3,(H3,8,9,11)/t4-/m0/s1. The second kappa shape index (κ2) is 6.55. The van der Waals surface area contributed by atoms with Crippen LogP contribution in [0.15, 0.2) is 0 Å². The highest BCUT2D eigenvalue weighted by Gasteiger charge is 2.15. The number of urea groups is 1. The van der Waals surface area contributed by atoms with Crippen LogP contribution in [0.25, 0.3) is 0 Å². The fraction of sp³-hybridized carbons (Fsp3) is 0.667. The lowest BCUT2D eigenvalue weighted by molar-refractivity contribution is -0.150. The van der Waals surface area contributed by atoms with Gasteiger partial charge in [-0.1, -0.05) is 0 Å². The van der Waals surface area contributed by atoms with Gasteiger partial charge in [0.05, 0.1) is 0 Å².